The van der Waals surface area contributed by atoms with E-state index in [1.807, 2.05) is 0 Å². The summed E-state index contributed by atoms with van der Waals surface area (Å²) < 4.78 is 30.2. The molecule has 2 aliphatic rings. The number of nitrogens with zero attached hydrogens (tertiary/aromatic N) is 3. The summed E-state index contributed by atoms with van der Waals surface area (Å²) in [5.41, 5.74) is 0.858. The number of hydrogen-bond acceptors (Lipinski definition) is 6. The van der Waals surface area contributed by atoms with Crippen molar-refractivity contribution in [2.24, 2.45) is 0 Å². The molecular weight excluding hydrogens is 389 g/mol. The molecule has 1 aromatic heterocycles. The van der Waals surface area contributed by atoms with E-state index in [2.05, 4.69) is 10.1 Å². The van der Waals surface area contributed by atoms with E-state index in [9.17, 15) is 9.18 Å². The minimum Gasteiger partial charge on any atom is -0.454 e. The summed E-state index contributed by atoms with van der Waals surface area (Å²) in [7, 11) is 0. The first-order valence-corrected chi connectivity index (χ1v) is 8.95. The first-order valence-electron chi connectivity index (χ1n) is 8.57. The highest BCUT2D eigenvalue weighted by atomic mass is 35.5. The number of hydrogen-bond donors (Lipinski definition) is 0. The van der Waals surface area contributed by atoms with Crippen LogP contribution in [0.3, 0.4) is 0 Å². The van der Waals surface area contributed by atoms with Crippen molar-refractivity contribution in [3.05, 3.63) is 53.1 Å². The molecule has 2 aliphatic heterocycles. The minimum atomic E-state index is -0.509. The number of carbonyl (C=O) groups excluding carboxylic acids is 1. The summed E-state index contributed by atoms with van der Waals surface area (Å²) in [5.74, 6) is 0.912. The zero-order chi connectivity index (χ0) is 19.3. The van der Waals surface area contributed by atoms with Crippen molar-refractivity contribution < 1.29 is 23.2 Å². The lowest BCUT2D eigenvalue weighted by Gasteiger charge is -2.17. The van der Waals surface area contributed by atoms with E-state index in [1.54, 1.807) is 18.2 Å². The number of amides is 1. The second kappa shape index (κ2) is 6.49. The maximum atomic E-state index is 14.1. The van der Waals surface area contributed by atoms with Crippen molar-refractivity contribution >= 4 is 23.2 Å². The third kappa shape index (κ3) is 2.86. The van der Waals surface area contributed by atoms with Crippen LogP contribution in [0, 0.1) is 5.82 Å². The summed E-state index contributed by atoms with van der Waals surface area (Å²) in [6.45, 7) is 0.412. The van der Waals surface area contributed by atoms with Gasteiger partial charge < -0.3 is 18.9 Å². The number of halogens is 2. The molecule has 0 aliphatic carbocycles. The van der Waals surface area contributed by atoms with Gasteiger partial charge in [-0.15, -0.1) is 0 Å². The average Bonchev–Trinajstić information content (AvgIpc) is 3.42. The van der Waals surface area contributed by atoms with Crippen LogP contribution in [0.25, 0.3) is 11.4 Å². The van der Waals surface area contributed by atoms with Crippen LogP contribution in [-0.2, 0) is 4.79 Å². The van der Waals surface area contributed by atoms with Gasteiger partial charge in [-0.25, -0.2) is 4.39 Å². The van der Waals surface area contributed by atoms with Gasteiger partial charge in [-0.3, -0.25) is 4.79 Å². The second-order valence-electron chi connectivity index (χ2n) is 6.53. The molecule has 28 heavy (non-hydrogen) atoms. The highest BCUT2D eigenvalue weighted by Crippen LogP contribution is 2.37. The van der Waals surface area contributed by atoms with Crippen LogP contribution >= 0.6 is 11.6 Å². The zero-order valence-electron chi connectivity index (χ0n) is 14.4. The molecule has 1 saturated heterocycles. The maximum absolute atomic E-state index is 14.1. The van der Waals surface area contributed by atoms with Gasteiger partial charge in [0.05, 0.1) is 11.6 Å². The number of carbonyl (C=O) groups is 1. The molecule has 2 aromatic carbocycles. The number of aromatic nitrogens is 2. The van der Waals surface area contributed by atoms with Crippen LogP contribution in [0.15, 0.2) is 40.9 Å². The first kappa shape index (κ1) is 17.0. The Morgan fingerprint density at radius 3 is 2.89 bits per heavy atom. The molecule has 1 fully saturated rings. The van der Waals surface area contributed by atoms with Crippen molar-refractivity contribution in [3.63, 3.8) is 0 Å². The van der Waals surface area contributed by atoms with Crippen molar-refractivity contribution in [1.82, 2.24) is 10.1 Å². The Hall–Kier alpha value is -3.13. The van der Waals surface area contributed by atoms with Crippen molar-refractivity contribution in [3.8, 4) is 22.9 Å². The molecule has 0 N–H and O–H groups in total. The Morgan fingerprint density at radius 2 is 2.00 bits per heavy atom. The SMILES string of the molecule is O=C1CC(c2nc(-c3ccc4c(c3)OCO4)no2)CN1c1cc(Cl)ccc1F. The van der Waals surface area contributed by atoms with Crippen LogP contribution < -0.4 is 14.4 Å². The van der Waals surface area contributed by atoms with Gasteiger partial charge in [0.15, 0.2) is 11.5 Å². The predicted octanol–water partition coefficient (Wildman–Crippen LogP) is 3.78. The van der Waals surface area contributed by atoms with E-state index in [1.165, 1.54) is 23.1 Å². The summed E-state index contributed by atoms with van der Waals surface area (Å²) in [5, 5.41) is 4.36. The van der Waals surface area contributed by atoms with Gasteiger partial charge >= 0.3 is 0 Å². The van der Waals surface area contributed by atoms with Gasteiger partial charge in [-0.2, -0.15) is 4.98 Å². The Labute approximate surface area is 163 Å². The number of ether oxygens (including phenoxy) is 2. The number of benzene rings is 2. The number of anilines is 1. The van der Waals surface area contributed by atoms with Crippen LogP contribution in [0.4, 0.5) is 10.1 Å². The van der Waals surface area contributed by atoms with E-state index in [0.29, 0.717) is 33.8 Å². The quantitative estimate of drug-likeness (QED) is 0.664. The molecule has 0 saturated carbocycles. The summed E-state index contributed by atoms with van der Waals surface area (Å²) in [4.78, 5) is 18.2. The van der Waals surface area contributed by atoms with Crippen molar-refractivity contribution in [2.45, 2.75) is 12.3 Å². The molecule has 142 valence electrons. The second-order valence-corrected chi connectivity index (χ2v) is 6.96. The summed E-state index contributed by atoms with van der Waals surface area (Å²) >= 11 is 5.94. The van der Waals surface area contributed by atoms with Gasteiger partial charge in [0.2, 0.25) is 24.4 Å². The molecule has 5 rings (SSSR count). The molecule has 3 aromatic rings. The predicted molar refractivity (Wildman–Crippen MR) is 97.0 cm³/mol. The molecule has 1 unspecified atom stereocenters. The fraction of sp³-hybridized carbons (Fsp3) is 0.211. The molecule has 1 atom stereocenters. The number of fused-ring (bicyclic) bond motifs is 1. The standard InChI is InChI=1S/C19H13ClFN3O4/c20-12-2-3-13(21)14(7-12)24-8-11(6-17(24)25)19-22-18(23-28-19)10-1-4-15-16(5-10)27-9-26-15/h1-5,7,11H,6,8-9H2. The van der Waals surface area contributed by atoms with E-state index in [4.69, 9.17) is 25.6 Å². The lowest BCUT2D eigenvalue weighted by molar-refractivity contribution is -0.117. The van der Waals surface area contributed by atoms with E-state index >= 15 is 0 Å². The highest BCUT2D eigenvalue weighted by molar-refractivity contribution is 6.31. The molecule has 0 radical (unpaired) electrons. The van der Waals surface area contributed by atoms with Crippen molar-refractivity contribution in [2.75, 3.05) is 18.2 Å². The monoisotopic (exact) mass is 401 g/mol. The maximum Gasteiger partial charge on any atom is 0.232 e. The molecule has 3 heterocycles. The fourth-order valence-corrected chi connectivity index (χ4v) is 3.52. The first-order chi connectivity index (χ1) is 13.6. The Kier molecular flexibility index (Phi) is 3.94. The Morgan fingerprint density at radius 1 is 1.14 bits per heavy atom. The zero-order valence-corrected chi connectivity index (χ0v) is 15.1. The average molecular weight is 402 g/mol. The van der Waals surface area contributed by atoms with E-state index < -0.39 is 5.82 Å². The highest BCUT2D eigenvalue weighted by Gasteiger charge is 2.36. The summed E-state index contributed by atoms with van der Waals surface area (Å²) in [6, 6.07) is 9.45. The molecule has 1 amide bonds. The fourth-order valence-electron chi connectivity index (χ4n) is 3.35. The third-order valence-electron chi connectivity index (χ3n) is 4.75. The lowest BCUT2D eigenvalue weighted by Crippen LogP contribution is -2.25. The number of rotatable bonds is 3. The summed E-state index contributed by atoms with van der Waals surface area (Å²) in [6.07, 6.45) is 0.148. The van der Waals surface area contributed by atoms with Crippen molar-refractivity contribution in [1.29, 1.82) is 0 Å². The van der Waals surface area contributed by atoms with Gasteiger partial charge in [0, 0.05) is 23.6 Å². The van der Waals surface area contributed by atoms with Crippen LogP contribution in [0.2, 0.25) is 5.02 Å². The molecular formula is C19H13ClFN3O4. The topological polar surface area (TPSA) is 77.7 Å². The van der Waals surface area contributed by atoms with Gasteiger partial charge in [0.1, 0.15) is 5.82 Å². The van der Waals surface area contributed by atoms with E-state index in [-0.39, 0.29) is 37.3 Å². The van der Waals surface area contributed by atoms with Gasteiger partial charge in [0.25, 0.3) is 0 Å². The van der Waals surface area contributed by atoms with Gasteiger partial charge in [-0.05, 0) is 36.4 Å². The lowest BCUT2D eigenvalue weighted by atomic mass is 10.1. The van der Waals surface area contributed by atoms with Crippen LogP contribution in [0.1, 0.15) is 18.2 Å². The van der Waals surface area contributed by atoms with E-state index in [0.717, 1.165) is 0 Å². The van der Waals surface area contributed by atoms with Crippen LogP contribution in [-0.4, -0.2) is 29.4 Å². The third-order valence-corrected chi connectivity index (χ3v) is 4.98. The Bertz CT molecular complexity index is 1090. The van der Waals surface area contributed by atoms with Gasteiger partial charge in [-0.1, -0.05) is 16.8 Å². The molecule has 0 spiro atoms. The normalized spacial score (nSPS) is 18.1. The Balaban J connectivity index is 1.39. The molecule has 0 bridgehead atoms. The molecule has 9 heteroatoms. The minimum absolute atomic E-state index is 0.148. The van der Waals surface area contributed by atoms with Crippen LogP contribution in [0.5, 0.6) is 11.5 Å². The largest absolute Gasteiger partial charge is 0.454 e. The smallest absolute Gasteiger partial charge is 0.232 e. The molecule has 7 nitrogen and oxygen atoms in total.